The van der Waals surface area contributed by atoms with Gasteiger partial charge in [-0.1, -0.05) is 20.3 Å². The molecule has 2 heteroatoms. The molecule has 1 fully saturated rings. The average molecular weight is 129 g/mol. The third-order valence-electron chi connectivity index (χ3n) is 1.61. The molecule has 1 rings (SSSR count). The Labute approximate surface area is 56.8 Å². The maximum absolute atomic E-state index is 4.96. The molecule has 0 aliphatic carbocycles. The summed E-state index contributed by atoms with van der Waals surface area (Å²) in [6.45, 7) is 6.46. The maximum atomic E-state index is 4.96. The zero-order chi connectivity index (χ0) is 6.69. The Balaban J connectivity index is 1.95. The normalized spacial score (nSPS) is 28.0. The fourth-order valence-electron chi connectivity index (χ4n) is 1.08. The Hall–Kier alpha value is -0.0800. The second-order valence-corrected chi connectivity index (χ2v) is 2.82. The summed E-state index contributed by atoms with van der Waals surface area (Å²) in [5, 5.41) is 2.00. The molecule has 0 bridgehead atoms. The van der Waals surface area contributed by atoms with Crippen LogP contribution in [-0.2, 0) is 4.84 Å². The predicted molar refractivity (Wildman–Crippen MR) is 36.7 cm³/mol. The second-order valence-electron chi connectivity index (χ2n) is 2.82. The van der Waals surface area contributed by atoms with Gasteiger partial charge in [0, 0.05) is 6.54 Å². The molecule has 0 aromatic rings. The summed E-state index contributed by atoms with van der Waals surface area (Å²) in [6.07, 6.45) is 2.61. The third-order valence-corrected chi connectivity index (χ3v) is 1.61. The Morgan fingerprint density at radius 2 is 2.33 bits per heavy atom. The van der Waals surface area contributed by atoms with E-state index < -0.39 is 0 Å². The first-order valence-corrected chi connectivity index (χ1v) is 3.70. The van der Waals surface area contributed by atoms with Crippen molar-refractivity contribution in [3.05, 3.63) is 0 Å². The van der Waals surface area contributed by atoms with Crippen LogP contribution in [0.2, 0.25) is 0 Å². The van der Waals surface area contributed by atoms with Gasteiger partial charge in [0.15, 0.2) is 0 Å². The highest BCUT2D eigenvalue weighted by atomic mass is 16.8. The van der Waals surface area contributed by atoms with E-state index in [1.54, 1.807) is 0 Å². The average Bonchev–Trinajstić information content (AvgIpc) is 2.50. The van der Waals surface area contributed by atoms with Crippen LogP contribution in [0.15, 0.2) is 0 Å². The van der Waals surface area contributed by atoms with Crippen molar-refractivity contribution < 1.29 is 4.84 Å². The lowest BCUT2D eigenvalue weighted by molar-refractivity contribution is 0.176. The number of rotatable bonds is 4. The molecule has 2 atom stereocenters. The number of nitrogens with zero attached hydrogens (tertiary/aromatic N) is 1. The molecule has 0 saturated carbocycles. The van der Waals surface area contributed by atoms with Crippen LogP contribution in [0, 0.1) is 5.92 Å². The van der Waals surface area contributed by atoms with E-state index in [0.29, 0.717) is 0 Å². The van der Waals surface area contributed by atoms with E-state index in [0.717, 1.165) is 19.2 Å². The zero-order valence-corrected chi connectivity index (χ0v) is 6.26. The highest BCUT2D eigenvalue weighted by molar-refractivity contribution is 4.57. The summed E-state index contributed by atoms with van der Waals surface area (Å²) < 4.78 is 0. The van der Waals surface area contributed by atoms with E-state index in [1.807, 2.05) is 5.06 Å². The number of hydrogen-bond donors (Lipinski definition) is 0. The molecule has 1 aliphatic heterocycles. The van der Waals surface area contributed by atoms with Gasteiger partial charge in [-0.3, -0.25) is 4.84 Å². The molecular weight excluding hydrogens is 114 g/mol. The Bertz CT molecular complexity index is 81.0. The van der Waals surface area contributed by atoms with Gasteiger partial charge in [-0.15, -0.1) is 0 Å². The van der Waals surface area contributed by atoms with Crippen LogP contribution in [0.25, 0.3) is 0 Å². The molecule has 2 unspecified atom stereocenters. The van der Waals surface area contributed by atoms with Crippen molar-refractivity contribution in [2.75, 3.05) is 13.3 Å². The van der Waals surface area contributed by atoms with Crippen LogP contribution in [0.5, 0.6) is 0 Å². The van der Waals surface area contributed by atoms with Crippen LogP contribution >= 0.6 is 0 Å². The second kappa shape index (κ2) is 3.18. The molecule has 1 aliphatic rings. The highest BCUT2D eigenvalue weighted by Gasteiger charge is 2.20. The van der Waals surface area contributed by atoms with Crippen molar-refractivity contribution in [3.8, 4) is 0 Å². The van der Waals surface area contributed by atoms with Crippen LogP contribution < -0.4 is 0 Å². The molecule has 9 heavy (non-hydrogen) atoms. The van der Waals surface area contributed by atoms with Gasteiger partial charge in [0.05, 0.1) is 0 Å². The summed E-state index contributed by atoms with van der Waals surface area (Å²) in [5.41, 5.74) is 0. The minimum atomic E-state index is 0.803. The molecule has 0 aromatic heterocycles. The first-order valence-electron chi connectivity index (χ1n) is 3.70. The van der Waals surface area contributed by atoms with E-state index in [9.17, 15) is 0 Å². The quantitative estimate of drug-likeness (QED) is 0.536. The van der Waals surface area contributed by atoms with Gasteiger partial charge >= 0.3 is 0 Å². The highest BCUT2D eigenvalue weighted by Crippen LogP contribution is 2.13. The topological polar surface area (TPSA) is 15.5 Å². The Morgan fingerprint density at radius 3 is 2.78 bits per heavy atom. The lowest BCUT2D eigenvalue weighted by Gasteiger charge is -2.06. The fourth-order valence-corrected chi connectivity index (χ4v) is 1.08. The molecule has 1 saturated heterocycles. The maximum Gasteiger partial charge on any atom is 0.144 e. The Morgan fingerprint density at radius 1 is 1.67 bits per heavy atom. The fraction of sp³-hybridized carbons (Fsp3) is 1.00. The summed E-state index contributed by atoms with van der Waals surface area (Å²) in [6, 6.07) is 0. The number of hydrogen-bond acceptors (Lipinski definition) is 2. The largest absolute Gasteiger partial charge is 0.279 e. The van der Waals surface area contributed by atoms with Gasteiger partial charge in [0.2, 0.25) is 0 Å². The van der Waals surface area contributed by atoms with Crippen molar-refractivity contribution >= 4 is 0 Å². The summed E-state index contributed by atoms with van der Waals surface area (Å²) in [4.78, 5) is 4.96. The molecule has 0 N–H and O–H groups in total. The lowest BCUT2D eigenvalue weighted by Crippen LogP contribution is -2.08. The van der Waals surface area contributed by atoms with Gasteiger partial charge in [0.25, 0.3) is 0 Å². The number of hydroxylamine groups is 2. The Kier molecular flexibility index (Phi) is 2.49. The molecule has 0 aromatic carbocycles. The standard InChI is InChI=1S/C7H15NO/c1-3-4-7(2)5-8-6-9-8/h7H,3-6H2,1-2H3. The SMILES string of the molecule is CCCC(C)CN1CO1. The monoisotopic (exact) mass is 129 g/mol. The molecule has 2 nitrogen and oxygen atoms in total. The van der Waals surface area contributed by atoms with E-state index >= 15 is 0 Å². The van der Waals surface area contributed by atoms with E-state index in [4.69, 9.17) is 4.84 Å². The summed E-state index contributed by atoms with van der Waals surface area (Å²) >= 11 is 0. The first-order chi connectivity index (χ1) is 4.33. The van der Waals surface area contributed by atoms with E-state index in [1.165, 1.54) is 12.8 Å². The van der Waals surface area contributed by atoms with Crippen LogP contribution in [0.4, 0.5) is 0 Å². The van der Waals surface area contributed by atoms with E-state index in [-0.39, 0.29) is 0 Å². The summed E-state index contributed by atoms with van der Waals surface area (Å²) in [7, 11) is 0. The van der Waals surface area contributed by atoms with Crippen LogP contribution in [0.1, 0.15) is 26.7 Å². The van der Waals surface area contributed by atoms with Crippen molar-refractivity contribution in [1.29, 1.82) is 0 Å². The smallest absolute Gasteiger partial charge is 0.144 e. The van der Waals surface area contributed by atoms with Gasteiger partial charge in [-0.25, -0.2) is 0 Å². The molecule has 0 spiro atoms. The molecule has 54 valence electrons. The molecule has 0 radical (unpaired) electrons. The lowest BCUT2D eigenvalue weighted by atomic mass is 10.1. The summed E-state index contributed by atoms with van der Waals surface area (Å²) in [5.74, 6) is 0.803. The third kappa shape index (κ3) is 2.82. The van der Waals surface area contributed by atoms with Gasteiger partial charge in [0.1, 0.15) is 6.73 Å². The zero-order valence-electron chi connectivity index (χ0n) is 6.26. The van der Waals surface area contributed by atoms with Crippen LogP contribution in [-0.4, -0.2) is 18.3 Å². The van der Waals surface area contributed by atoms with Gasteiger partial charge in [-0.05, 0) is 12.3 Å². The van der Waals surface area contributed by atoms with E-state index in [2.05, 4.69) is 13.8 Å². The first kappa shape index (κ1) is 7.03. The minimum absolute atomic E-state index is 0.803. The minimum Gasteiger partial charge on any atom is -0.279 e. The molecule has 1 heterocycles. The van der Waals surface area contributed by atoms with Crippen molar-refractivity contribution in [3.63, 3.8) is 0 Å². The van der Waals surface area contributed by atoms with Gasteiger partial charge in [-0.2, -0.15) is 5.06 Å². The van der Waals surface area contributed by atoms with Crippen molar-refractivity contribution in [1.82, 2.24) is 5.06 Å². The van der Waals surface area contributed by atoms with Gasteiger partial charge < -0.3 is 0 Å². The molecular formula is C7H15NO. The predicted octanol–water partition coefficient (Wildman–Crippen LogP) is 1.63. The molecule has 0 amide bonds. The van der Waals surface area contributed by atoms with Crippen molar-refractivity contribution in [2.45, 2.75) is 26.7 Å². The van der Waals surface area contributed by atoms with Crippen LogP contribution in [0.3, 0.4) is 0 Å². The van der Waals surface area contributed by atoms with Crippen molar-refractivity contribution in [2.24, 2.45) is 5.92 Å².